The fraction of sp³-hybridized carbons (Fsp3) is 0.103. The SMILES string of the molecule is CN(C(=O)c1cccc(NC(=O)c2cccc(OCCc3ccccc3)c2)c1)c1ccccc1. The second kappa shape index (κ2) is 11.0. The van der Waals surface area contributed by atoms with Crippen LogP contribution < -0.4 is 15.0 Å². The molecule has 0 unspecified atom stereocenters. The molecule has 4 aromatic carbocycles. The molecule has 0 fully saturated rings. The van der Waals surface area contributed by atoms with Crippen LogP contribution in [0.25, 0.3) is 0 Å². The summed E-state index contributed by atoms with van der Waals surface area (Å²) in [6.45, 7) is 0.522. The van der Waals surface area contributed by atoms with Crippen LogP contribution in [-0.4, -0.2) is 25.5 Å². The zero-order valence-corrected chi connectivity index (χ0v) is 19.0. The Balaban J connectivity index is 1.39. The smallest absolute Gasteiger partial charge is 0.258 e. The molecule has 5 heteroatoms. The van der Waals surface area contributed by atoms with Gasteiger partial charge in [0.25, 0.3) is 11.8 Å². The van der Waals surface area contributed by atoms with Gasteiger partial charge in [-0.3, -0.25) is 9.59 Å². The van der Waals surface area contributed by atoms with Crippen LogP contribution in [0, 0.1) is 0 Å². The lowest BCUT2D eigenvalue weighted by molar-refractivity contribution is 0.0990. The van der Waals surface area contributed by atoms with E-state index < -0.39 is 0 Å². The molecule has 4 aromatic rings. The van der Waals surface area contributed by atoms with Crippen LogP contribution in [0.3, 0.4) is 0 Å². The van der Waals surface area contributed by atoms with Crippen LogP contribution >= 0.6 is 0 Å². The van der Waals surface area contributed by atoms with Gasteiger partial charge in [-0.2, -0.15) is 0 Å². The number of carbonyl (C=O) groups is 2. The first-order valence-electron chi connectivity index (χ1n) is 11.1. The first kappa shape index (κ1) is 22.8. The van der Waals surface area contributed by atoms with Crippen molar-refractivity contribution >= 4 is 23.2 Å². The summed E-state index contributed by atoms with van der Waals surface area (Å²) < 4.78 is 5.84. The Morgan fingerprint density at radius 3 is 2.21 bits per heavy atom. The minimum atomic E-state index is -0.269. The lowest BCUT2D eigenvalue weighted by Crippen LogP contribution is -2.26. The maximum Gasteiger partial charge on any atom is 0.258 e. The van der Waals surface area contributed by atoms with Crippen molar-refractivity contribution in [1.82, 2.24) is 0 Å². The first-order chi connectivity index (χ1) is 16.6. The zero-order valence-electron chi connectivity index (χ0n) is 19.0. The zero-order chi connectivity index (χ0) is 23.8. The van der Waals surface area contributed by atoms with Crippen molar-refractivity contribution in [2.75, 3.05) is 23.9 Å². The van der Waals surface area contributed by atoms with Gasteiger partial charge in [-0.05, 0) is 54.1 Å². The van der Waals surface area contributed by atoms with Crippen LogP contribution in [0.4, 0.5) is 11.4 Å². The molecule has 0 atom stereocenters. The number of para-hydroxylation sites is 1. The third kappa shape index (κ3) is 5.90. The van der Waals surface area contributed by atoms with Crippen molar-refractivity contribution in [3.63, 3.8) is 0 Å². The summed E-state index contributed by atoms with van der Waals surface area (Å²) in [5, 5.41) is 2.88. The van der Waals surface area contributed by atoms with Gasteiger partial charge >= 0.3 is 0 Å². The Labute approximate surface area is 199 Å². The van der Waals surface area contributed by atoms with Crippen molar-refractivity contribution in [3.8, 4) is 5.75 Å². The number of rotatable bonds is 8. The Hall–Kier alpha value is -4.38. The van der Waals surface area contributed by atoms with Gasteiger partial charge in [-0.1, -0.05) is 60.7 Å². The third-order valence-electron chi connectivity index (χ3n) is 5.41. The van der Waals surface area contributed by atoms with Crippen LogP contribution in [-0.2, 0) is 6.42 Å². The summed E-state index contributed by atoms with van der Waals surface area (Å²) in [4.78, 5) is 27.3. The Morgan fingerprint density at radius 1 is 0.765 bits per heavy atom. The van der Waals surface area contributed by atoms with Crippen molar-refractivity contribution in [2.24, 2.45) is 0 Å². The summed E-state index contributed by atoms with van der Waals surface area (Å²) in [5.74, 6) is 0.211. The van der Waals surface area contributed by atoms with Crippen LogP contribution in [0.2, 0.25) is 0 Å². The Kier molecular flexibility index (Phi) is 7.35. The van der Waals surface area contributed by atoms with Gasteiger partial charge < -0.3 is 15.0 Å². The predicted octanol–water partition coefficient (Wildman–Crippen LogP) is 5.84. The topological polar surface area (TPSA) is 58.6 Å². The average molecular weight is 451 g/mol. The molecule has 34 heavy (non-hydrogen) atoms. The number of nitrogens with one attached hydrogen (secondary N) is 1. The van der Waals surface area contributed by atoms with E-state index >= 15 is 0 Å². The molecule has 0 saturated carbocycles. The molecule has 4 rings (SSSR count). The maximum atomic E-state index is 12.9. The van der Waals surface area contributed by atoms with Crippen molar-refractivity contribution in [2.45, 2.75) is 6.42 Å². The van der Waals surface area contributed by atoms with Gasteiger partial charge in [0.15, 0.2) is 0 Å². The second-order valence-corrected chi connectivity index (χ2v) is 7.85. The van der Waals surface area contributed by atoms with Gasteiger partial charge in [-0.15, -0.1) is 0 Å². The molecule has 0 heterocycles. The van der Waals surface area contributed by atoms with Crippen molar-refractivity contribution in [3.05, 3.63) is 126 Å². The molecule has 0 aromatic heterocycles. The van der Waals surface area contributed by atoms with E-state index in [0.717, 1.165) is 12.1 Å². The van der Waals surface area contributed by atoms with E-state index in [9.17, 15) is 9.59 Å². The highest BCUT2D eigenvalue weighted by molar-refractivity contribution is 6.08. The summed E-state index contributed by atoms with van der Waals surface area (Å²) in [7, 11) is 1.73. The third-order valence-corrected chi connectivity index (χ3v) is 5.41. The molecule has 0 aliphatic rings. The predicted molar refractivity (Wildman–Crippen MR) is 136 cm³/mol. The lowest BCUT2D eigenvalue weighted by atomic mass is 10.1. The van der Waals surface area contributed by atoms with E-state index in [4.69, 9.17) is 4.74 Å². The quantitative estimate of drug-likeness (QED) is 0.367. The van der Waals surface area contributed by atoms with E-state index in [1.54, 1.807) is 54.4 Å². The number of anilines is 2. The summed E-state index contributed by atoms with van der Waals surface area (Å²) in [5.41, 5.74) is 3.51. The molecule has 170 valence electrons. The molecule has 0 radical (unpaired) electrons. The largest absolute Gasteiger partial charge is 0.493 e. The highest BCUT2D eigenvalue weighted by Gasteiger charge is 2.15. The summed E-state index contributed by atoms with van der Waals surface area (Å²) in [6, 6.07) is 33.5. The Bertz CT molecular complexity index is 1260. The average Bonchev–Trinajstić information content (AvgIpc) is 2.89. The number of amides is 2. The number of benzene rings is 4. The number of nitrogens with zero attached hydrogens (tertiary/aromatic N) is 1. The number of ether oxygens (including phenoxy) is 1. The molecule has 0 saturated heterocycles. The standard InChI is InChI=1S/C29H26N2O3/c1-31(26-15-6-3-7-16-26)29(33)24-13-8-14-25(20-24)30-28(32)23-12-9-17-27(21-23)34-19-18-22-10-4-2-5-11-22/h2-17,20-21H,18-19H2,1H3,(H,30,32). The normalized spacial score (nSPS) is 10.4. The van der Waals surface area contributed by atoms with Gasteiger partial charge in [0.2, 0.25) is 0 Å². The number of carbonyl (C=O) groups excluding carboxylic acids is 2. The Morgan fingerprint density at radius 2 is 1.44 bits per heavy atom. The van der Waals surface area contributed by atoms with Crippen molar-refractivity contribution in [1.29, 1.82) is 0 Å². The van der Waals surface area contributed by atoms with E-state index in [1.807, 2.05) is 54.6 Å². The van der Waals surface area contributed by atoms with Gasteiger partial charge in [0.1, 0.15) is 5.75 Å². The number of hydrogen-bond acceptors (Lipinski definition) is 3. The van der Waals surface area contributed by atoms with E-state index in [2.05, 4.69) is 17.4 Å². The maximum absolute atomic E-state index is 12.9. The van der Waals surface area contributed by atoms with Crippen LogP contribution in [0.5, 0.6) is 5.75 Å². The fourth-order valence-electron chi connectivity index (χ4n) is 3.55. The molecule has 1 N–H and O–H groups in total. The minimum Gasteiger partial charge on any atom is -0.493 e. The first-order valence-corrected chi connectivity index (χ1v) is 11.1. The molecular weight excluding hydrogens is 424 g/mol. The highest BCUT2D eigenvalue weighted by Crippen LogP contribution is 2.19. The minimum absolute atomic E-state index is 0.156. The molecule has 2 amide bonds. The van der Waals surface area contributed by atoms with E-state index in [-0.39, 0.29) is 11.8 Å². The molecule has 0 bridgehead atoms. The monoisotopic (exact) mass is 450 g/mol. The molecule has 0 aliphatic carbocycles. The van der Waals surface area contributed by atoms with Crippen LogP contribution in [0.1, 0.15) is 26.3 Å². The molecular formula is C29H26N2O3. The fourth-order valence-corrected chi connectivity index (χ4v) is 3.55. The van der Waals surface area contributed by atoms with Gasteiger partial charge in [0, 0.05) is 36.0 Å². The molecule has 0 spiro atoms. The summed E-state index contributed by atoms with van der Waals surface area (Å²) in [6.07, 6.45) is 0.787. The van der Waals surface area contributed by atoms with Crippen LogP contribution in [0.15, 0.2) is 109 Å². The second-order valence-electron chi connectivity index (χ2n) is 7.85. The molecule has 0 aliphatic heterocycles. The summed E-state index contributed by atoms with van der Waals surface area (Å²) >= 11 is 0. The van der Waals surface area contributed by atoms with Gasteiger partial charge in [-0.25, -0.2) is 0 Å². The van der Waals surface area contributed by atoms with E-state index in [1.165, 1.54) is 5.56 Å². The number of hydrogen-bond donors (Lipinski definition) is 1. The highest BCUT2D eigenvalue weighted by atomic mass is 16.5. The van der Waals surface area contributed by atoms with E-state index in [0.29, 0.717) is 29.2 Å². The lowest BCUT2D eigenvalue weighted by Gasteiger charge is -2.17. The van der Waals surface area contributed by atoms with Crippen molar-refractivity contribution < 1.29 is 14.3 Å². The van der Waals surface area contributed by atoms with Gasteiger partial charge in [0.05, 0.1) is 6.61 Å². The molecule has 5 nitrogen and oxygen atoms in total.